The van der Waals surface area contributed by atoms with Crippen molar-refractivity contribution in [2.75, 3.05) is 45.1 Å². The first-order chi connectivity index (χ1) is 16.6. The Balaban J connectivity index is 1.61. The van der Waals surface area contributed by atoms with E-state index in [1.807, 2.05) is 24.3 Å². The summed E-state index contributed by atoms with van der Waals surface area (Å²) >= 11 is 2.18. The molecule has 0 amide bonds. The number of aryl methyl sites for hydroxylation is 1. The number of aromatic hydroxyl groups is 1. The van der Waals surface area contributed by atoms with E-state index in [0.29, 0.717) is 12.2 Å². The number of sulfonamides is 1. The summed E-state index contributed by atoms with van der Waals surface area (Å²) in [5.74, 6) is -1.11. The van der Waals surface area contributed by atoms with Crippen molar-refractivity contribution in [1.29, 1.82) is 0 Å². The molecule has 4 N–H and O–H groups in total. The lowest BCUT2D eigenvalue weighted by Gasteiger charge is -2.32. The van der Waals surface area contributed by atoms with E-state index in [-0.39, 0.29) is 22.7 Å². The van der Waals surface area contributed by atoms with Crippen molar-refractivity contribution in [3.63, 3.8) is 0 Å². The van der Waals surface area contributed by atoms with Crippen molar-refractivity contribution >= 4 is 44.0 Å². The standard InChI is InChI=1S/C23H28FIN6O3S/c1-29-9-11-30(12-10-29)7-2-8-31-23(32)19(15-27-31)18-13-22(35(26,33)34)20(24)14-21(18)28-17-5-3-16(25)4-6-17/h3-6,13-15,28,32H,2,7-12H2,1H3,(H2,26,33,34). The maximum atomic E-state index is 14.7. The summed E-state index contributed by atoms with van der Waals surface area (Å²) in [7, 11) is -2.21. The number of nitrogens with zero attached hydrogens (tertiary/aromatic N) is 4. The molecule has 188 valence electrons. The van der Waals surface area contributed by atoms with Crippen LogP contribution in [0.2, 0.25) is 0 Å². The Bertz CT molecular complexity index is 1290. The predicted molar refractivity (Wildman–Crippen MR) is 142 cm³/mol. The molecular weight excluding hydrogens is 586 g/mol. The summed E-state index contributed by atoms with van der Waals surface area (Å²) in [6.07, 6.45) is 2.24. The number of nitrogens with two attached hydrogens (primary N) is 1. The molecule has 0 bridgehead atoms. The minimum Gasteiger partial charge on any atom is -0.493 e. The molecule has 35 heavy (non-hydrogen) atoms. The van der Waals surface area contributed by atoms with Gasteiger partial charge in [-0.3, -0.25) is 0 Å². The van der Waals surface area contributed by atoms with Crippen LogP contribution in [-0.4, -0.2) is 72.9 Å². The molecule has 0 aliphatic carbocycles. The Labute approximate surface area is 217 Å². The summed E-state index contributed by atoms with van der Waals surface area (Å²) in [5, 5.41) is 23.6. The Morgan fingerprint density at radius 1 is 1.11 bits per heavy atom. The Morgan fingerprint density at radius 2 is 1.80 bits per heavy atom. The molecule has 1 aromatic heterocycles. The molecule has 0 spiro atoms. The maximum Gasteiger partial charge on any atom is 0.240 e. The van der Waals surface area contributed by atoms with Gasteiger partial charge in [0.05, 0.1) is 11.8 Å². The smallest absolute Gasteiger partial charge is 0.240 e. The largest absolute Gasteiger partial charge is 0.493 e. The zero-order valence-electron chi connectivity index (χ0n) is 19.3. The van der Waals surface area contributed by atoms with Crippen molar-refractivity contribution in [2.24, 2.45) is 5.14 Å². The van der Waals surface area contributed by atoms with Crippen LogP contribution in [-0.2, 0) is 16.6 Å². The van der Waals surface area contributed by atoms with Crippen LogP contribution in [0.4, 0.5) is 15.8 Å². The number of aromatic nitrogens is 2. The van der Waals surface area contributed by atoms with Crippen LogP contribution in [0.25, 0.3) is 11.1 Å². The Morgan fingerprint density at radius 3 is 2.46 bits per heavy atom. The third-order valence-corrected chi connectivity index (χ3v) is 7.69. The van der Waals surface area contributed by atoms with Gasteiger partial charge in [-0.05, 0) is 72.5 Å². The van der Waals surface area contributed by atoms with Crippen LogP contribution >= 0.6 is 22.6 Å². The highest BCUT2D eigenvalue weighted by molar-refractivity contribution is 14.1. The monoisotopic (exact) mass is 614 g/mol. The second kappa shape index (κ2) is 10.8. The van der Waals surface area contributed by atoms with E-state index in [0.717, 1.165) is 54.8 Å². The third kappa shape index (κ3) is 6.30. The molecular formula is C23H28FIN6O3S. The van der Waals surface area contributed by atoms with E-state index in [1.54, 1.807) is 0 Å². The number of primary sulfonamides is 1. The zero-order valence-corrected chi connectivity index (χ0v) is 22.3. The van der Waals surface area contributed by atoms with Gasteiger partial charge in [-0.1, -0.05) is 0 Å². The first-order valence-corrected chi connectivity index (χ1v) is 13.8. The fourth-order valence-corrected chi connectivity index (χ4v) is 5.01. The molecule has 0 saturated carbocycles. The number of likely N-dealkylation sites (N-methyl/N-ethyl adjacent to an activating group) is 1. The highest BCUT2D eigenvalue weighted by Gasteiger charge is 2.23. The average molecular weight is 614 g/mol. The van der Waals surface area contributed by atoms with Gasteiger partial charge in [-0.2, -0.15) is 5.10 Å². The SMILES string of the molecule is CN1CCN(CCCn2ncc(-c3cc(S(N)(=O)=O)c(F)cc3Nc3ccc(I)cc3)c2O)CC1. The van der Waals surface area contributed by atoms with Gasteiger partial charge in [0.2, 0.25) is 15.9 Å². The van der Waals surface area contributed by atoms with Gasteiger partial charge in [0, 0.05) is 59.8 Å². The lowest BCUT2D eigenvalue weighted by atomic mass is 10.1. The molecule has 3 aromatic rings. The topological polar surface area (TPSA) is 117 Å². The number of halogens is 2. The molecule has 1 fully saturated rings. The van der Waals surface area contributed by atoms with Crippen molar-refractivity contribution in [2.45, 2.75) is 17.9 Å². The second-order valence-corrected chi connectivity index (χ2v) is 11.4. The summed E-state index contributed by atoms with van der Waals surface area (Å²) < 4.78 is 41.1. The molecule has 0 unspecified atom stereocenters. The average Bonchev–Trinajstić information content (AvgIpc) is 3.16. The Kier molecular flexibility index (Phi) is 7.96. The van der Waals surface area contributed by atoms with Crippen LogP contribution in [0.3, 0.4) is 0 Å². The number of hydrogen-bond donors (Lipinski definition) is 3. The predicted octanol–water partition coefficient (Wildman–Crippen LogP) is 3.03. The van der Waals surface area contributed by atoms with Gasteiger partial charge in [0.15, 0.2) is 0 Å². The molecule has 2 aromatic carbocycles. The Hall–Kier alpha value is -2.26. The molecule has 1 saturated heterocycles. The highest BCUT2D eigenvalue weighted by atomic mass is 127. The first kappa shape index (κ1) is 25.8. The van der Waals surface area contributed by atoms with E-state index in [4.69, 9.17) is 5.14 Å². The lowest BCUT2D eigenvalue weighted by Crippen LogP contribution is -2.44. The molecule has 0 radical (unpaired) electrons. The first-order valence-electron chi connectivity index (χ1n) is 11.2. The molecule has 0 atom stereocenters. The maximum absolute atomic E-state index is 14.7. The molecule has 4 rings (SSSR count). The van der Waals surface area contributed by atoms with E-state index in [9.17, 15) is 17.9 Å². The van der Waals surface area contributed by atoms with Gasteiger partial charge >= 0.3 is 0 Å². The molecule has 9 nitrogen and oxygen atoms in total. The van der Waals surface area contributed by atoms with Crippen molar-refractivity contribution < 1.29 is 17.9 Å². The van der Waals surface area contributed by atoms with Crippen molar-refractivity contribution in [1.82, 2.24) is 19.6 Å². The van der Waals surface area contributed by atoms with Crippen LogP contribution in [0.15, 0.2) is 47.5 Å². The van der Waals surface area contributed by atoms with E-state index in [1.165, 1.54) is 10.9 Å². The van der Waals surface area contributed by atoms with Crippen molar-refractivity contribution in [3.8, 4) is 17.0 Å². The number of anilines is 2. The quantitative estimate of drug-likeness (QED) is 0.334. The van der Waals surface area contributed by atoms with Crippen LogP contribution in [0.5, 0.6) is 5.88 Å². The lowest BCUT2D eigenvalue weighted by molar-refractivity contribution is 0.150. The number of piperazine rings is 1. The van der Waals surface area contributed by atoms with E-state index >= 15 is 0 Å². The van der Waals surface area contributed by atoms with Crippen LogP contribution in [0, 0.1) is 9.39 Å². The van der Waals surface area contributed by atoms with E-state index in [2.05, 4.69) is 49.9 Å². The molecule has 2 heterocycles. The summed E-state index contributed by atoms with van der Waals surface area (Å²) in [6.45, 7) is 5.45. The minimum absolute atomic E-state index is 0.124. The van der Waals surface area contributed by atoms with Gasteiger partial charge in [-0.25, -0.2) is 22.6 Å². The normalized spacial score (nSPS) is 15.4. The number of rotatable bonds is 8. The second-order valence-electron chi connectivity index (χ2n) is 8.61. The van der Waals surface area contributed by atoms with Gasteiger partial charge in [-0.15, -0.1) is 0 Å². The number of benzene rings is 2. The van der Waals surface area contributed by atoms with Crippen LogP contribution in [0.1, 0.15) is 6.42 Å². The third-order valence-electron chi connectivity index (χ3n) is 6.04. The number of hydrogen-bond acceptors (Lipinski definition) is 7. The van der Waals surface area contributed by atoms with Crippen LogP contribution < -0.4 is 10.5 Å². The van der Waals surface area contributed by atoms with Gasteiger partial charge in [0.1, 0.15) is 10.7 Å². The minimum atomic E-state index is -4.32. The highest BCUT2D eigenvalue weighted by Crippen LogP contribution is 2.38. The summed E-state index contributed by atoms with van der Waals surface area (Å²) in [4.78, 5) is 4.02. The zero-order chi connectivity index (χ0) is 25.2. The van der Waals surface area contributed by atoms with Crippen molar-refractivity contribution in [3.05, 3.63) is 52.0 Å². The fourth-order valence-electron chi connectivity index (χ4n) is 4.03. The summed E-state index contributed by atoms with van der Waals surface area (Å²) in [5.41, 5.74) is 1.51. The van der Waals surface area contributed by atoms with E-state index < -0.39 is 20.7 Å². The van der Waals surface area contributed by atoms with Gasteiger partial charge < -0.3 is 20.2 Å². The molecule has 1 aliphatic heterocycles. The van der Waals surface area contributed by atoms with Gasteiger partial charge in [0.25, 0.3) is 0 Å². The molecule has 12 heteroatoms. The fraction of sp³-hybridized carbons (Fsp3) is 0.348. The number of nitrogens with one attached hydrogen (secondary N) is 1. The summed E-state index contributed by atoms with van der Waals surface area (Å²) in [6, 6.07) is 9.60. The molecule has 1 aliphatic rings.